The summed E-state index contributed by atoms with van der Waals surface area (Å²) in [6.07, 6.45) is 7.76. The minimum atomic E-state index is -0.359. The van der Waals surface area contributed by atoms with Gasteiger partial charge in [0.2, 0.25) is 5.91 Å². The molecular formula is C30H45NO4. The maximum absolute atomic E-state index is 12.4. The average Bonchev–Trinajstić information content (AvgIpc) is 3.18. The van der Waals surface area contributed by atoms with Crippen LogP contribution in [0.3, 0.4) is 0 Å². The molecule has 5 nitrogen and oxygen atoms in total. The number of aliphatic hydroxyl groups excluding tert-OH is 3. The van der Waals surface area contributed by atoms with Gasteiger partial charge in [0.1, 0.15) is 0 Å². The van der Waals surface area contributed by atoms with Gasteiger partial charge in [-0.05, 0) is 104 Å². The summed E-state index contributed by atoms with van der Waals surface area (Å²) < 4.78 is 0. The van der Waals surface area contributed by atoms with Crippen molar-refractivity contribution in [2.45, 2.75) is 103 Å². The summed E-state index contributed by atoms with van der Waals surface area (Å²) in [4.78, 5) is 12.4. The lowest BCUT2D eigenvalue weighted by Gasteiger charge is -2.63. The molecule has 0 unspecified atom stereocenters. The van der Waals surface area contributed by atoms with E-state index in [1.54, 1.807) is 0 Å². The molecule has 5 rings (SSSR count). The van der Waals surface area contributed by atoms with Crippen molar-refractivity contribution in [3.05, 3.63) is 35.9 Å². The summed E-state index contributed by atoms with van der Waals surface area (Å²) in [5.41, 5.74) is 1.04. The first-order valence-corrected chi connectivity index (χ1v) is 14.1. The molecule has 35 heavy (non-hydrogen) atoms. The first-order chi connectivity index (χ1) is 16.7. The van der Waals surface area contributed by atoms with Crippen LogP contribution >= 0.6 is 0 Å². The van der Waals surface area contributed by atoms with Crippen LogP contribution in [-0.4, -0.2) is 39.5 Å². The fraction of sp³-hybridized carbons (Fsp3) is 0.767. The Morgan fingerprint density at radius 2 is 1.77 bits per heavy atom. The summed E-state index contributed by atoms with van der Waals surface area (Å²) in [6.45, 7) is 5.22. The van der Waals surface area contributed by atoms with E-state index in [4.69, 9.17) is 0 Å². The van der Waals surface area contributed by atoms with Crippen LogP contribution in [0.25, 0.3) is 0 Å². The highest BCUT2D eigenvalue weighted by atomic mass is 16.3. The molecule has 0 saturated heterocycles. The molecule has 0 heterocycles. The number of fused-ring (bicyclic) bond motifs is 5. The number of rotatable bonds is 6. The predicted molar refractivity (Wildman–Crippen MR) is 136 cm³/mol. The molecule has 4 aliphatic carbocycles. The van der Waals surface area contributed by atoms with E-state index in [1.165, 1.54) is 0 Å². The number of benzene rings is 1. The van der Waals surface area contributed by atoms with E-state index >= 15 is 0 Å². The lowest BCUT2D eigenvalue weighted by molar-refractivity contribution is -0.204. The predicted octanol–water partition coefficient (Wildman–Crippen LogP) is 4.43. The number of amides is 1. The molecule has 4 aliphatic rings. The van der Waals surface area contributed by atoms with Crippen LogP contribution in [0, 0.1) is 40.4 Å². The number of nitrogens with one attached hydrogen (secondary N) is 1. The minimum absolute atomic E-state index is 0.0963. The standard InChI is InChI=1S/C30H45NO4/c1-29-14-13-22(32)15-21(29)16-25(33)28-23-12-11-20(30(23,2)26(34)17-24(28)29)9-6-10-27(35)31-18-19-7-4-3-5-8-19/h3-5,7-8,20-26,28,32-34H,6,9-18H2,1-2H3,(H,31,35)/t20-,21-,22+,23-,24-,25+,26-,28-,29-,30+/m0/s1. The van der Waals surface area contributed by atoms with Crippen molar-refractivity contribution < 1.29 is 20.1 Å². The summed E-state index contributed by atoms with van der Waals surface area (Å²) in [5.74, 6) is 1.77. The number of hydrogen-bond donors (Lipinski definition) is 4. The van der Waals surface area contributed by atoms with Gasteiger partial charge in [0.15, 0.2) is 0 Å². The van der Waals surface area contributed by atoms with Crippen molar-refractivity contribution in [2.75, 3.05) is 0 Å². The normalized spacial score (nSPS) is 44.7. The molecule has 4 fully saturated rings. The highest BCUT2D eigenvalue weighted by Crippen LogP contribution is 2.67. The van der Waals surface area contributed by atoms with E-state index in [9.17, 15) is 20.1 Å². The van der Waals surface area contributed by atoms with Gasteiger partial charge in [-0.25, -0.2) is 0 Å². The Labute approximate surface area is 210 Å². The summed E-state index contributed by atoms with van der Waals surface area (Å²) in [6, 6.07) is 10.00. The molecule has 4 N–H and O–H groups in total. The van der Waals surface area contributed by atoms with Crippen LogP contribution in [0.2, 0.25) is 0 Å². The summed E-state index contributed by atoms with van der Waals surface area (Å²) in [7, 11) is 0. The van der Waals surface area contributed by atoms with Gasteiger partial charge in [-0.2, -0.15) is 0 Å². The van der Waals surface area contributed by atoms with E-state index < -0.39 is 0 Å². The molecular weight excluding hydrogens is 438 g/mol. The van der Waals surface area contributed by atoms with Gasteiger partial charge >= 0.3 is 0 Å². The number of hydrogen-bond acceptors (Lipinski definition) is 4. The first kappa shape index (κ1) is 25.2. The smallest absolute Gasteiger partial charge is 0.220 e. The number of aliphatic hydroxyl groups is 3. The van der Waals surface area contributed by atoms with Crippen LogP contribution in [0.4, 0.5) is 0 Å². The fourth-order valence-electron chi connectivity index (χ4n) is 9.16. The summed E-state index contributed by atoms with van der Waals surface area (Å²) >= 11 is 0. The van der Waals surface area contributed by atoms with Crippen molar-refractivity contribution in [1.29, 1.82) is 0 Å². The van der Waals surface area contributed by atoms with E-state index in [-0.39, 0.29) is 41.0 Å². The van der Waals surface area contributed by atoms with E-state index in [2.05, 4.69) is 19.2 Å². The van der Waals surface area contributed by atoms with Gasteiger partial charge in [-0.15, -0.1) is 0 Å². The van der Waals surface area contributed by atoms with E-state index in [0.29, 0.717) is 36.6 Å². The van der Waals surface area contributed by atoms with Gasteiger partial charge in [-0.1, -0.05) is 44.2 Å². The molecule has 0 aliphatic heterocycles. The van der Waals surface area contributed by atoms with Crippen LogP contribution in [-0.2, 0) is 11.3 Å². The highest BCUT2D eigenvalue weighted by Gasteiger charge is 2.65. The van der Waals surface area contributed by atoms with Gasteiger partial charge in [0.05, 0.1) is 18.3 Å². The van der Waals surface area contributed by atoms with Crippen LogP contribution in [0.15, 0.2) is 30.3 Å². The van der Waals surface area contributed by atoms with Crippen LogP contribution in [0.1, 0.15) is 83.6 Å². The zero-order valence-electron chi connectivity index (χ0n) is 21.5. The van der Waals surface area contributed by atoms with Crippen molar-refractivity contribution in [2.24, 2.45) is 40.4 Å². The zero-order valence-corrected chi connectivity index (χ0v) is 21.5. The second-order valence-electron chi connectivity index (χ2n) is 12.8. The maximum atomic E-state index is 12.4. The molecule has 1 aromatic carbocycles. The highest BCUT2D eigenvalue weighted by molar-refractivity contribution is 5.75. The zero-order chi connectivity index (χ0) is 24.8. The van der Waals surface area contributed by atoms with E-state index in [0.717, 1.165) is 63.4 Å². The second kappa shape index (κ2) is 9.79. The molecule has 5 heteroatoms. The van der Waals surface area contributed by atoms with Crippen LogP contribution < -0.4 is 5.32 Å². The number of carbonyl (C=O) groups is 1. The lowest BCUT2D eigenvalue weighted by atomic mass is 9.43. The number of carbonyl (C=O) groups excluding carboxylic acids is 1. The summed E-state index contributed by atoms with van der Waals surface area (Å²) in [5, 5.41) is 36.3. The van der Waals surface area contributed by atoms with Gasteiger partial charge < -0.3 is 20.6 Å². The Morgan fingerprint density at radius 3 is 2.54 bits per heavy atom. The van der Waals surface area contributed by atoms with Gasteiger partial charge in [0.25, 0.3) is 0 Å². The molecule has 10 atom stereocenters. The Hall–Kier alpha value is -1.43. The average molecular weight is 484 g/mol. The van der Waals surface area contributed by atoms with Gasteiger partial charge in [-0.3, -0.25) is 4.79 Å². The molecule has 0 radical (unpaired) electrons. The van der Waals surface area contributed by atoms with Crippen molar-refractivity contribution in [1.82, 2.24) is 5.32 Å². The topological polar surface area (TPSA) is 89.8 Å². The van der Waals surface area contributed by atoms with Crippen molar-refractivity contribution in [3.8, 4) is 0 Å². The van der Waals surface area contributed by atoms with Crippen molar-refractivity contribution >= 4 is 5.91 Å². The quantitative estimate of drug-likeness (QED) is 0.482. The Kier molecular flexibility index (Phi) is 7.06. The lowest BCUT2D eigenvalue weighted by Crippen LogP contribution is -2.62. The molecule has 1 aromatic rings. The molecule has 194 valence electrons. The van der Waals surface area contributed by atoms with E-state index in [1.807, 2.05) is 30.3 Å². The Balaban J connectivity index is 1.21. The Bertz CT molecular complexity index is 892. The van der Waals surface area contributed by atoms with Crippen molar-refractivity contribution in [3.63, 3.8) is 0 Å². The third-order valence-electron chi connectivity index (χ3n) is 11.2. The Morgan fingerprint density at radius 1 is 1.00 bits per heavy atom. The fourth-order valence-corrected chi connectivity index (χ4v) is 9.16. The van der Waals surface area contributed by atoms with Crippen LogP contribution in [0.5, 0.6) is 0 Å². The first-order valence-electron chi connectivity index (χ1n) is 14.1. The molecule has 0 spiro atoms. The largest absolute Gasteiger partial charge is 0.393 e. The van der Waals surface area contributed by atoms with Gasteiger partial charge in [0, 0.05) is 13.0 Å². The molecule has 1 amide bonds. The third kappa shape index (κ3) is 4.46. The third-order valence-corrected chi connectivity index (χ3v) is 11.2. The monoisotopic (exact) mass is 483 g/mol. The second-order valence-corrected chi connectivity index (χ2v) is 12.8. The maximum Gasteiger partial charge on any atom is 0.220 e. The molecule has 0 aromatic heterocycles. The molecule has 4 saturated carbocycles. The molecule has 0 bridgehead atoms. The minimum Gasteiger partial charge on any atom is -0.393 e. The SMILES string of the molecule is C[C@]12CC[C@@H](O)C[C@H]1C[C@@H](O)[C@@H]1[C@@H]2C[C@H](O)[C@]2(C)[C@@H](CCCC(=O)NCc3ccccc3)CC[C@@H]12.